The molecule has 2 aromatic heterocycles. The number of anilines is 1. The second-order valence-corrected chi connectivity index (χ2v) is 11.5. The summed E-state index contributed by atoms with van der Waals surface area (Å²) < 4.78 is 0. The van der Waals surface area contributed by atoms with E-state index in [4.69, 9.17) is 4.98 Å². The highest BCUT2D eigenvalue weighted by molar-refractivity contribution is 7.15. The molecule has 32 heavy (non-hydrogen) atoms. The Morgan fingerprint density at radius 1 is 1.22 bits per heavy atom. The van der Waals surface area contributed by atoms with Crippen LogP contribution in [0.3, 0.4) is 0 Å². The van der Waals surface area contributed by atoms with Crippen LogP contribution in [0.25, 0.3) is 0 Å². The summed E-state index contributed by atoms with van der Waals surface area (Å²) in [6.45, 7) is 11.8. The Bertz CT molecular complexity index is 883. The Morgan fingerprint density at radius 3 is 2.69 bits per heavy atom. The summed E-state index contributed by atoms with van der Waals surface area (Å²) in [7, 11) is 0. The van der Waals surface area contributed by atoms with Crippen molar-refractivity contribution in [1.82, 2.24) is 20.2 Å². The van der Waals surface area contributed by atoms with Gasteiger partial charge in [-0.25, -0.2) is 9.97 Å². The molecule has 6 nitrogen and oxygen atoms in total. The average Bonchev–Trinajstić information content (AvgIpc) is 3.39. The van der Waals surface area contributed by atoms with E-state index in [0.717, 1.165) is 61.2 Å². The molecule has 8 heteroatoms. The molecule has 0 bridgehead atoms. The Morgan fingerprint density at radius 2 is 2.00 bits per heavy atom. The Hall–Kier alpha value is -1.51. The Balaban J connectivity index is 1.17. The molecule has 4 rings (SSSR count). The van der Waals surface area contributed by atoms with Crippen LogP contribution in [0.2, 0.25) is 0 Å². The van der Waals surface area contributed by atoms with Crippen molar-refractivity contribution < 1.29 is 4.79 Å². The van der Waals surface area contributed by atoms with Gasteiger partial charge in [0.25, 0.3) is 0 Å². The second kappa shape index (κ2) is 11.1. The summed E-state index contributed by atoms with van der Waals surface area (Å²) in [5.74, 6) is 0.934. The van der Waals surface area contributed by atoms with E-state index in [2.05, 4.69) is 33.9 Å². The lowest BCUT2D eigenvalue weighted by Gasteiger charge is -2.32. The molecule has 2 aliphatic rings. The van der Waals surface area contributed by atoms with E-state index in [1.54, 1.807) is 11.3 Å². The molecule has 0 atom stereocenters. The van der Waals surface area contributed by atoms with Crippen molar-refractivity contribution in [2.45, 2.75) is 78.3 Å². The number of rotatable bonds is 9. The first kappa shape index (κ1) is 23.6. The normalized spacial score (nSPS) is 21.3. The summed E-state index contributed by atoms with van der Waals surface area (Å²) in [6, 6.07) is 0.346. The highest BCUT2D eigenvalue weighted by Gasteiger charge is 2.25. The van der Waals surface area contributed by atoms with Gasteiger partial charge in [0.15, 0.2) is 5.13 Å². The van der Waals surface area contributed by atoms with Crippen molar-refractivity contribution in [2.75, 3.05) is 31.1 Å². The van der Waals surface area contributed by atoms with Gasteiger partial charge in [-0.1, -0.05) is 0 Å². The smallest absolute Gasteiger partial charge is 0.225 e. The molecule has 1 amide bonds. The number of nitrogens with one attached hydrogen (secondary N) is 1. The van der Waals surface area contributed by atoms with Crippen molar-refractivity contribution in [3.8, 4) is 0 Å². The fraction of sp³-hybridized carbons (Fsp3) is 0.708. The molecule has 0 spiro atoms. The van der Waals surface area contributed by atoms with Crippen LogP contribution in [0.15, 0.2) is 6.20 Å². The minimum absolute atomic E-state index is 0.147. The summed E-state index contributed by atoms with van der Waals surface area (Å²) in [4.78, 5) is 29.1. The van der Waals surface area contributed by atoms with Crippen molar-refractivity contribution in [1.29, 1.82) is 0 Å². The number of nitrogens with zero attached hydrogens (tertiary/aromatic N) is 4. The number of carbonyl (C=O) groups is 1. The SMILES string of the molecule is CCN(CC)c1nc2c(s1)CCN(CCC1CCC(NC(=O)Cc3cnc(C)s3)CC1)C2. The van der Waals surface area contributed by atoms with E-state index in [1.807, 2.05) is 24.5 Å². The van der Waals surface area contributed by atoms with Crippen LogP contribution in [0.1, 0.15) is 66.4 Å². The van der Waals surface area contributed by atoms with Crippen molar-refractivity contribution >= 4 is 33.7 Å². The topological polar surface area (TPSA) is 61.4 Å². The van der Waals surface area contributed by atoms with Crippen LogP contribution in [0.5, 0.6) is 0 Å². The predicted molar refractivity (Wildman–Crippen MR) is 134 cm³/mol. The zero-order valence-electron chi connectivity index (χ0n) is 19.7. The predicted octanol–water partition coefficient (Wildman–Crippen LogP) is 4.42. The standard InChI is InChI=1S/C24H37N5OS2/c1-4-29(5-2)24-27-21-16-28(13-11-22(21)32-24)12-10-18-6-8-19(9-7-18)26-23(30)14-20-15-25-17(3)31-20/h15,18-19H,4-14,16H2,1-3H3,(H,26,30). The van der Waals surface area contributed by atoms with E-state index in [0.29, 0.717) is 12.5 Å². The lowest BCUT2D eigenvalue weighted by Crippen LogP contribution is -2.39. The number of hydrogen-bond acceptors (Lipinski definition) is 7. The van der Waals surface area contributed by atoms with Crippen LogP contribution in [-0.4, -0.2) is 53.0 Å². The Labute approximate surface area is 200 Å². The highest BCUT2D eigenvalue weighted by Crippen LogP contribution is 2.32. The number of thiazole rings is 2. The third-order valence-corrected chi connectivity index (χ3v) is 9.03. The van der Waals surface area contributed by atoms with E-state index >= 15 is 0 Å². The molecule has 0 saturated heterocycles. The molecule has 176 valence electrons. The van der Waals surface area contributed by atoms with Gasteiger partial charge in [0, 0.05) is 48.2 Å². The van der Waals surface area contributed by atoms with Gasteiger partial charge in [0.05, 0.1) is 17.1 Å². The number of aryl methyl sites for hydroxylation is 1. The molecule has 1 saturated carbocycles. The first-order chi connectivity index (χ1) is 15.5. The van der Waals surface area contributed by atoms with Crippen LogP contribution in [0, 0.1) is 12.8 Å². The minimum Gasteiger partial charge on any atom is -0.353 e. The molecule has 3 heterocycles. The number of aromatic nitrogens is 2. The maximum Gasteiger partial charge on any atom is 0.225 e. The second-order valence-electron chi connectivity index (χ2n) is 9.16. The van der Waals surface area contributed by atoms with Crippen LogP contribution >= 0.6 is 22.7 Å². The quantitative estimate of drug-likeness (QED) is 0.582. The summed E-state index contributed by atoms with van der Waals surface area (Å²) in [6.07, 6.45) is 9.39. The minimum atomic E-state index is 0.147. The van der Waals surface area contributed by atoms with Gasteiger partial charge in [-0.15, -0.1) is 22.7 Å². The monoisotopic (exact) mass is 475 g/mol. The van der Waals surface area contributed by atoms with Gasteiger partial charge in [0.2, 0.25) is 5.91 Å². The molecule has 0 unspecified atom stereocenters. The van der Waals surface area contributed by atoms with Gasteiger partial charge in [-0.05, 0) is 71.8 Å². The zero-order valence-corrected chi connectivity index (χ0v) is 21.4. The third kappa shape index (κ3) is 6.08. The number of amides is 1. The maximum atomic E-state index is 12.3. The lowest BCUT2D eigenvalue weighted by molar-refractivity contribution is -0.121. The molecular weight excluding hydrogens is 438 g/mol. The summed E-state index contributed by atoms with van der Waals surface area (Å²) in [5, 5.41) is 5.48. The van der Waals surface area contributed by atoms with Gasteiger partial charge in [-0.3, -0.25) is 9.69 Å². The largest absolute Gasteiger partial charge is 0.353 e. The lowest BCUT2D eigenvalue weighted by atomic mass is 9.84. The van der Waals surface area contributed by atoms with Gasteiger partial charge < -0.3 is 10.2 Å². The summed E-state index contributed by atoms with van der Waals surface area (Å²) in [5.41, 5.74) is 1.31. The third-order valence-electron chi connectivity index (χ3n) is 6.90. The fourth-order valence-corrected chi connectivity index (χ4v) is 6.92. The van der Waals surface area contributed by atoms with Gasteiger partial charge >= 0.3 is 0 Å². The van der Waals surface area contributed by atoms with E-state index in [1.165, 1.54) is 41.5 Å². The Kier molecular flexibility index (Phi) is 8.18. The molecule has 1 fully saturated rings. The zero-order chi connectivity index (χ0) is 22.5. The summed E-state index contributed by atoms with van der Waals surface area (Å²) >= 11 is 3.51. The van der Waals surface area contributed by atoms with Crippen LogP contribution in [-0.2, 0) is 24.2 Å². The van der Waals surface area contributed by atoms with E-state index < -0.39 is 0 Å². The number of carbonyl (C=O) groups excluding carboxylic acids is 1. The molecule has 0 aromatic carbocycles. The van der Waals surface area contributed by atoms with Gasteiger partial charge in [-0.2, -0.15) is 0 Å². The number of hydrogen-bond donors (Lipinski definition) is 1. The van der Waals surface area contributed by atoms with Crippen molar-refractivity contribution in [2.24, 2.45) is 5.92 Å². The molecule has 0 radical (unpaired) electrons. The average molecular weight is 476 g/mol. The van der Waals surface area contributed by atoms with Crippen LogP contribution in [0.4, 0.5) is 5.13 Å². The molecular formula is C24H37N5OS2. The van der Waals surface area contributed by atoms with Crippen molar-refractivity contribution in [3.05, 3.63) is 26.7 Å². The highest BCUT2D eigenvalue weighted by atomic mass is 32.1. The molecule has 1 aliphatic heterocycles. The fourth-order valence-electron chi connectivity index (χ4n) is 4.94. The van der Waals surface area contributed by atoms with E-state index in [-0.39, 0.29) is 5.91 Å². The van der Waals surface area contributed by atoms with E-state index in [9.17, 15) is 4.79 Å². The maximum absolute atomic E-state index is 12.3. The van der Waals surface area contributed by atoms with Crippen LogP contribution < -0.4 is 10.2 Å². The molecule has 1 N–H and O–H groups in total. The first-order valence-corrected chi connectivity index (χ1v) is 13.8. The van der Waals surface area contributed by atoms with Gasteiger partial charge in [0.1, 0.15) is 0 Å². The number of fused-ring (bicyclic) bond motifs is 1. The molecule has 2 aromatic rings. The van der Waals surface area contributed by atoms with Crippen molar-refractivity contribution in [3.63, 3.8) is 0 Å². The molecule has 1 aliphatic carbocycles. The first-order valence-electron chi connectivity index (χ1n) is 12.2.